The van der Waals surface area contributed by atoms with Crippen molar-refractivity contribution in [3.63, 3.8) is 0 Å². The molecule has 0 aliphatic heterocycles. The molecule has 0 radical (unpaired) electrons. The summed E-state index contributed by atoms with van der Waals surface area (Å²) in [6.07, 6.45) is 2.64. The van der Waals surface area contributed by atoms with Gasteiger partial charge in [-0.25, -0.2) is 0 Å². The fourth-order valence-corrected chi connectivity index (χ4v) is 0.371. The van der Waals surface area contributed by atoms with Crippen LogP contribution >= 0.6 is 0 Å². The van der Waals surface area contributed by atoms with Crippen molar-refractivity contribution in [2.45, 2.75) is 19.4 Å². The molecular weight excluding hydrogens is 98.1 g/mol. The lowest BCUT2D eigenvalue weighted by Gasteiger charge is -2.04. The molecule has 0 aromatic carbocycles. The fraction of sp³-hybridized carbons (Fsp3) is 0.429. The number of hydrogen-bond acceptors (Lipinski definition) is 1. The number of hydrogen-bond donors (Lipinski definition) is 1. The van der Waals surface area contributed by atoms with Gasteiger partial charge in [-0.3, -0.25) is 0 Å². The monoisotopic (exact) mass is 111 g/mol. The SMILES string of the molecule is C=CCC(=C)C(C)N. The average Bonchev–Trinajstić information content (AvgIpc) is 1.67. The van der Waals surface area contributed by atoms with Crippen LogP contribution in [0.3, 0.4) is 0 Å². The van der Waals surface area contributed by atoms with Crippen molar-refractivity contribution in [3.8, 4) is 0 Å². The summed E-state index contributed by atoms with van der Waals surface area (Å²) in [7, 11) is 0. The largest absolute Gasteiger partial charge is 0.324 e. The second-order valence-electron chi connectivity index (χ2n) is 1.94. The Hall–Kier alpha value is -0.560. The first-order valence-electron chi connectivity index (χ1n) is 2.72. The summed E-state index contributed by atoms with van der Waals surface area (Å²) in [6.45, 7) is 9.24. The predicted octanol–water partition coefficient (Wildman–Crippen LogP) is 1.47. The lowest BCUT2D eigenvalue weighted by atomic mass is 10.1. The molecular formula is C7H13N. The van der Waals surface area contributed by atoms with Crippen LogP contribution in [-0.2, 0) is 0 Å². The molecule has 0 aliphatic carbocycles. The first-order chi connectivity index (χ1) is 3.68. The molecule has 46 valence electrons. The van der Waals surface area contributed by atoms with Gasteiger partial charge in [-0.15, -0.1) is 6.58 Å². The van der Waals surface area contributed by atoms with Crippen molar-refractivity contribution in [2.24, 2.45) is 5.73 Å². The Morgan fingerprint density at radius 2 is 2.38 bits per heavy atom. The summed E-state index contributed by atoms with van der Waals surface area (Å²) in [6, 6.07) is 0.105. The van der Waals surface area contributed by atoms with E-state index in [1.165, 1.54) is 0 Å². The highest BCUT2D eigenvalue weighted by atomic mass is 14.6. The quantitative estimate of drug-likeness (QED) is 0.548. The van der Waals surface area contributed by atoms with Crippen LogP contribution in [0.2, 0.25) is 0 Å². The van der Waals surface area contributed by atoms with E-state index in [1.807, 2.05) is 13.0 Å². The maximum absolute atomic E-state index is 5.47. The summed E-state index contributed by atoms with van der Waals surface area (Å²) in [5.41, 5.74) is 6.52. The highest BCUT2D eigenvalue weighted by Crippen LogP contribution is 2.00. The number of allylic oxidation sites excluding steroid dienone is 1. The maximum atomic E-state index is 5.47. The van der Waals surface area contributed by atoms with Gasteiger partial charge in [-0.2, -0.15) is 0 Å². The second-order valence-corrected chi connectivity index (χ2v) is 1.94. The third kappa shape index (κ3) is 2.59. The molecule has 0 heterocycles. The fourth-order valence-electron chi connectivity index (χ4n) is 0.371. The third-order valence-electron chi connectivity index (χ3n) is 1.05. The summed E-state index contributed by atoms with van der Waals surface area (Å²) in [5.74, 6) is 0. The van der Waals surface area contributed by atoms with Crippen LogP contribution in [0.15, 0.2) is 24.8 Å². The van der Waals surface area contributed by atoms with Crippen molar-refractivity contribution in [2.75, 3.05) is 0 Å². The molecule has 1 heteroatoms. The number of nitrogens with two attached hydrogens (primary N) is 1. The zero-order valence-electron chi connectivity index (χ0n) is 5.35. The Bertz CT molecular complexity index is 92.6. The molecule has 0 amide bonds. The van der Waals surface area contributed by atoms with E-state index in [4.69, 9.17) is 5.73 Å². The van der Waals surface area contributed by atoms with E-state index in [-0.39, 0.29) is 6.04 Å². The Labute approximate surface area is 50.9 Å². The van der Waals surface area contributed by atoms with Gasteiger partial charge in [0.1, 0.15) is 0 Å². The van der Waals surface area contributed by atoms with Gasteiger partial charge in [-0.05, 0) is 13.3 Å². The topological polar surface area (TPSA) is 26.0 Å². The molecule has 0 rings (SSSR count). The van der Waals surface area contributed by atoms with Crippen LogP contribution in [-0.4, -0.2) is 6.04 Å². The van der Waals surface area contributed by atoms with Crippen LogP contribution in [0.5, 0.6) is 0 Å². The molecule has 0 bridgehead atoms. The summed E-state index contributed by atoms with van der Waals surface area (Å²) >= 11 is 0. The smallest absolute Gasteiger partial charge is 0.0225 e. The van der Waals surface area contributed by atoms with Gasteiger partial charge in [0, 0.05) is 6.04 Å². The first-order valence-corrected chi connectivity index (χ1v) is 2.72. The first kappa shape index (κ1) is 7.44. The molecule has 0 spiro atoms. The maximum Gasteiger partial charge on any atom is 0.0225 e. The van der Waals surface area contributed by atoms with Gasteiger partial charge in [0.05, 0.1) is 0 Å². The minimum absolute atomic E-state index is 0.105. The molecule has 2 N–H and O–H groups in total. The van der Waals surface area contributed by atoms with Gasteiger partial charge in [-0.1, -0.05) is 18.2 Å². The highest BCUT2D eigenvalue weighted by Gasteiger charge is 1.94. The normalized spacial score (nSPS) is 12.8. The number of rotatable bonds is 3. The highest BCUT2D eigenvalue weighted by molar-refractivity contribution is 5.06. The van der Waals surface area contributed by atoms with E-state index in [2.05, 4.69) is 13.2 Å². The standard InChI is InChI=1S/C7H13N/c1-4-5-6(2)7(3)8/h4,7H,1-2,5,8H2,3H3. The van der Waals surface area contributed by atoms with Gasteiger partial charge >= 0.3 is 0 Å². The lowest BCUT2D eigenvalue weighted by Crippen LogP contribution is -2.16. The molecule has 0 saturated heterocycles. The lowest BCUT2D eigenvalue weighted by molar-refractivity contribution is 0.839. The van der Waals surface area contributed by atoms with Crippen molar-refractivity contribution in [1.29, 1.82) is 0 Å². The Kier molecular flexibility index (Phi) is 3.20. The van der Waals surface area contributed by atoms with Crippen LogP contribution in [0.4, 0.5) is 0 Å². The Morgan fingerprint density at radius 3 is 2.50 bits per heavy atom. The molecule has 0 aromatic heterocycles. The molecule has 1 nitrogen and oxygen atoms in total. The molecule has 0 aliphatic rings. The van der Waals surface area contributed by atoms with E-state index < -0.39 is 0 Å². The Balaban J connectivity index is 3.48. The predicted molar refractivity (Wildman–Crippen MR) is 37.6 cm³/mol. The van der Waals surface area contributed by atoms with Crippen LogP contribution in [0.25, 0.3) is 0 Å². The van der Waals surface area contributed by atoms with Gasteiger partial charge in [0.25, 0.3) is 0 Å². The zero-order chi connectivity index (χ0) is 6.57. The molecule has 8 heavy (non-hydrogen) atoms. The molecule has 0 fully saturated rings. The van der Waals surface area contributed by atoms with Crippen LogP contribution in [0, 0.1) is 0 Å². The summed E-state index contributed by atoms with van der Waals surface area (Å²) < 4.78 is 0. The third-order valence-corrected chi connectivity index (χ3v) is 1.05. The summed E-state index contributed by atoms with van der Waals surface area (Å²) in [4.78, 5) is 0. The zero-order valence-corrected chi connectivity index (χ0v) is 5.35. The minimum atomic E-state index is 0.105. The second kappa shape index (κ2) is 3.44. The van der Waals surface area contributed by atoms with E-state index >= 15 is 0 Å². The van der Waals surface area contributed by atoms with E-state index in [0.717, 1.165) is 12.0 Å². The molecule has 1 atom stereocenters. The van der Waals surface area contributed by atoms with Crippen molar-refractivity contribution in [1.82, 2.24) is 0 Å². The average molecular weight is 111 g/mol. The van der Waals surface area contributed by atoms with Gasteiger partial charge in [0.2, 0.25) is 0 Å². The minimum Gasteiger partial charge on any atom is -0.324 e. The van der Waals surface area contributed by atoms with Crippen molar-refractivity contribution >= 4 is 0 Å². The van der Waals surface area contributed by atoms with Crippen LogP contribution < -0.4 is 5.73 Å². The van der Waals surface area contributed by atoms with E-state index in [1.54, 1.807) is 0 Å². The van der Waals surface area contributed by atoms with E-state index in [9.17, 15) is 0 Å². The van der Waals surface area contributed by atoms with Gasteiger partial charge < -0.3 is 5.73 Å². The van der Waals surface area contributed by atoms with Crippen molar-refractivity contribution < 1.29 is 0 Å². The molecule has 1 unspecified atom stereocenters. The van der Waals surface area contributed by atoms with Gasteiger partial charge in [0.15, 0.2) is 0 Å². The molecule has 0 aromatic rings. The van der Waals surface area contributed by atoms with Crippen molar-refractivity contribution in [3.05, 3.63) is 24.8 Å². The Morgan fingerprint density at radius 1 is 1.88 bits per heavy atom. The van der Waals surface area contributed by atoms with E-state index in [0.29, 0.717) is 0 Å². The summed E-state index contributed by atoms with van der Waals surface area (Å²) in [5, 5.41) is 0. The molecule has 0 saturated carbocycles. The van der Waals surface area contributed by atoms with Crippen LogP contribution in [0.1, 0.15) is 13.3 Å².